The summed E-state index contributed by atoms with van der Waals surface area (Å²) in [5, 5.41) is 21.9. The zero-order valence-corrected chi connectivity index (χ0v) is 25.5. The van der Waals surface area contributed by atoms with Crippen LogP contribution in [0.5, 0.6) is 0 Å². The molecular weight excluding hydrogens is 576 g/mol. The molecule has 3 saturated carbocycles. The topological polar surface area (TPSA) is 102 Å². The molecule has 0 unspecified atom stereocenters. The molecule has 6 nitrogen and oxygen atoms in total. The second-order valence-electron chi connectivity index (χ2n) is 13.8. The zero-order valence-electron chi connectivity index (χ0n) is 25.5. The molecule has 0 aromatic heterocycles. The second-order valence-corrected chi connectivity index (χ2v) is 13.8. The molecule has 4 N–H and O–H groups in total. The fraction of sp³-hybridized carbons (Fsp3) is 0.432. The van der Waals surface area contributed by atoms with Crippen molar-refractivity contribution in [2.75, 3.05) is 12.3 Å². The molecule has 236 valence electrons. The van der Waals surface area contributed by atoms with E-state index in [1.807, 2.05) is 67.6 Å². The van der Waals surface area contributed by atoms with Crippen molar-refractivity contribution in [2.45, 2.75) is 69.0 Å². The first-order valence-corrected chi connectivity index (χ1v) is 15.6. The van der Waals surface area contributed by atoms with Crippen LogP contribution < -0.4 is 5.73 Å². The van der Waals surface area contributed by atoms with Crippen LogP contribution in [0, 0.1) is 22.7 Å². The number of allylic oxidation sites excluding steroid dienone is 5. The van der Waals surface area contributed by atoms with E-state index >= 15 is 8.78 Å². The van der Waals surface area contributed by atoms with Gasteiger partial charge in [0, 0.05) is 28.0 Å². The summed E-state index contributed by atoms with van der Waals surface area (Å²) in [7, 11) is 0. The molecule has 1 aliphatic heterocycles. The minimum Gasteiger partial charge on any atom is -0.399 e. The lowest BCUT2D eigenvalue weighted by molar-refractivity contribution is -0.235. The van der Waals surface area contributed by atoms with E-state index in [2.05, 4.69) is 6.58 Å². The molecule has 1 saturated heterocycles. The van der Waals surface area contributed by atoms with Gasteiger partial charge >= 0.3 is 0 Å². The van der Waals surface area contributed by atoms with Gasteiger partial charge in [-0.1, -0.05) is 80.3 Å². The van der Waals surface area contributed by atoms with E-state index in [1.165, 1.54) is 0 Å². The Balaban J connectivity index is 1.20. The van der Waals surface area contributed by atoms with Crippen LogP contribution in [-0.2, 0) is 14.3 Å². The van der Waals surface area contributed by atoms with Crippen molar-refractivity contribution in [3.05, 3.63) is 101 Å². The molecule has 0 amide bonds. The van der Waals surface area contributed by atoms with Crippen LogP contribution in [0.4, 0.5) is 14.5 Å². The number of nitrogen functional groups attached to an aromatic ring is 1. The van der Waals surface area contributed by atoms with E-state index in [4.69, 9.17) is 15.2 Å². The van der Waals surface area contributed by atoms with E-state index in [0.29, 0.717) is 16.8 Å². The maximum atomic E-state index is 17.6. The number of carbonyl (C=O) groups is 1. The first-order chi connectivity index (χ1) is 21.4. The van der Waals surface area contributed by atoms with Crippen LogP contribution in [0.15, 0.2) is 84.5 Å². The van der Waals surface area contributed by atoms with E-state index < -0.39 is 71.0 Å². The molecular formula is C37H39F2NO5. The number of hydrogen-bond acceptors (Lipinski definition) is 6. The van der Waals surface area contributed by atoms with Crippen molar-refractivity contribution in [2.24, 2.45) is 22.7 Å². The molecule has 0 bridgehead atoms. The van der Waals surface area contributed by atoms with Crippen molar-refractivity contribution < 1.29 is 33.3 Å². The molecule has 1 heterocycles. The van der Waals surface area contributed by atoms with Gasteiger partial charge in [0.2, 0.25) is 0 Å². The van der Waals surface area contributed by atoms with E-state index in [9.17, 15) is 15.0 Å². The predicted molar refractivity (Wildman–Crippen MR) is 168 cm³/mol. The Labute approximate surface area is 261 Å². The number of ketones is 1. The number of ether oxygens (including phenoxy) is 2. The summed E-state index contributed by atoms with van der Waals surface area (Å²) < 4.78 is 46.5. The van der Waals surface area contributed by atoms with Crippen LogP contribution in [0.3, 0.4) is 0 Å². The van der Waals surface area contributed by atoms with Crippen molar-refractivity contribution in [3.8, 4) is 0 Å². The minimum atomic E-state index is -2.18. The Morgan fingerprint density at radius 2 is 1.84 bits per heavy atom. The normalized spacial score (nSPS) is 41.7. The van der Waals surface area contributed by atoms with E-state index in [-0.39, 0.29) is 24.8 Å². The van der Waals surface area contributed by atoms with Crippen molar-refractivity contribution in [3.63, 3.8) is 0 Å². The van der Waals surface area contributed by atoms with Gasteiger partial charge in [-0.25, -0.2) is 8.78 Å². The lowest BCUT2D eigenvalue weighted by Gasteiger charge is -2.63. The standard InChI is InChI=1S/C37H39F2NO5/c1-21-13-14-34(2)28(15-21)29(38)17-27-26-18-32-37(31(43)20-41,35(26,3)19-30(42)36(27,34)39)45-33(44-32)24-11-9-22(10-12-24)7-8-23-5-4-6-25(40)16-23/h4-16,26-27,29-30,32-33,41-42H,1,17-20,40H2,2-3H3/b8-7+/t26-,27-,29-,30-,32+,33+,34-,35-,36-,37+/m0/s1. The SMILES string of the molecule is C=C1C=C[C@@]2(C)C(=C1)[C@@H](F)C[C@H]1[C@@H]3C[C@H]4O[C@@H](c5ccc(/C=C/c6cccc(N)c6)cc5)O[C@@]4(C(=O)CO)[C@@]3(C)C[C@H](O)[C@@]12F. The first kappa shape index (κ1) is 30.2. The number of benzene rings is 2. The summed E-state index contributed by atoms with van der Waals surface area (Å²) in [6.07, 6.45) is 4.14. The molecule has 4 fully saturated rings. The molecule has 2 aromatic rings. The number of nitrogens with two attached hydrogens (primary N) is 1. The third-order valence-electron chi connectivity index (χ3n) is 11.6. The maximum absolute atomic E-state index is 17.6. The summed E-state index contributed by atoms with van der Waals surface area (Å²) in [6.45, 7) is 6.56. The van der Waals surface area contributed by atoms with E-state index in [1.54, 1.807) is 25.2 Å². The number of aliphatic hydroxyl groups is 2. The Kier molecular flexibility index (Phi) is 6.91. The van der Waals surface area contributed by atoms with Crippen LogP contribution in [0.25, 0.3) is 12.2 Å². The van der Waals surface area contributed by atoms with Crippen LogP contribution in [0.2, 0.25) is 0 Å². The van der Waals surface area contributed by atoms with Crippen LogP contribution >= 0.6 is 0 Å². The number of aliphatic hydroxyl groups excluding tert-OH is 2. The predicted octanol–water partition coefficient (Wildman–Crippen LogP) is 6.07. The van der Waals surface area contributed by atoms with Crippen LogP contribution in [-0.4, -0.2) is 52.3 Å². The number of Topliss-reactive ketones (excluding diaryl/α,β-unsaturated/α-hetero) is 1. The molecule has 10 atom stereocenters. The smallest absolute Gasteiger partial charge is 0.193 e. The summed E-state index contributed by atoms with van der Waals surface area (Å²) >= 11 is 0. The van der Waals surface area contributed by atoms with Crippen molar-refractivity contribution in [1.29, 1.82) is 0 Å². The third-order valence-corrected chi connectivity index (χ3v) is 11.6. The highest BCUT2D eigenvalue weighted by molar-refractivity contribution is 5.91. The minimum absolute atomic E-state index is 0.106. The molecule has 0 radical (unpaired) electrons. The second kappa shape index (κ2) is 10.3. The number of anilines is 1. The summed E-state index contributed by atoms with van der Waals surface area (Å²) in [4.78, 5) is 13.7. The van der Waals surface area contributed by atoms with Gasteiger partial charge in [0.15, 0.2) is 23.3 Å². The van der Waals surface area contributed by atoms with Gasteiger partial charge in [0.05, 0.1) is 12.2 Å². The molecule has 7 rings (SSSR count). The molecule has 45 heavy (non-hydrogen) atoms. The lowest BCUT2D eigenvalue weighted by Crippen LogP contribution is -2.70. The fourth-order valence-electron chi connectivity index (χ4n) is 9.41. The van der Waals surface area contributed by atoms with Crippen molar-refractivity contribution in [1.82, 2.24) is 0 Å². The lowest BCUT2D eigenvalue weighted by atomic mass is 9.44. The molecule has 8 heteroatoms. The summed E-state index contributed by atoms with van der Waals surface area (Å²) in [6, 6.07) is 15.1. The van der Waals surface area contributed by atoms with Gasteiger partial charge in [0.25, 0.3) is 0 Å². The average Bonchev–Trinajstić information content (AvgIpc) is 3.52. The van der Waals surface area contributed by atoms with E-state index in [0.717, 1.165) is 11.1 Å². The molecule has 2 aromatic carbocycles. The fourth-order valence-corrected chi connectivity index (χ4v) is 9.41. The maximum Gasteiger partial charge on any atom is 0.193 e. The Hall–Kier alpha value is -3.43. The average molecular weight is 616 g/mol. The number of rotatable bonds is 5. The largest absolute Gasteiger partial charge is 0.399 e. The first-order valence-electron chi connectivity index (χ1n) is 15.6. The summed E-state index contributed by atoms with van der Waals surface area (Å²) in [5.74, 6) is -2.03. The van der Waals surface area contributed by atoms with Gasteiger partial charge in [-0.3, -0.25) is 4.79 Å². The van der Waals surface area contributed by atoms with Gasteiger partial charge in [-0.15, -0.1) is 0 Å². The van der Waals surface area contributed by atoms with Crippen LogP contribution in [0.1, 0.15) is 56.1 Å². The third kappa shape index (κ3) is 4.08. The van der Waals surface area contributed by atoms with Crippen molar-refractivity contribution >= 4 is 23.6 Å². The summed E-state index contributed by atoms with van der Waals surface area (Å²) in [5.41, 5.74) is 3.70. The number of hydrogen-bond donors (Lipinski definition) is 3. The Morgan fingerprint density at radius 3 is 2.56 bits per heavy atom. The monoisotopic (exact) mass is 615 g/mol. The number of alkyl halides is 2. The highest BCUT2D eigenvalue weighted by atomic mass is 19.1. The molecule has 5 aliphatic rings. The van der Waals surface area contributed by atoms with Gasteiger partial charge in [-0.05, 0) is 66.5 Å². The quantitative estimate of drug-likeness (QED) is 0.279. The highest BCUT2D eigenvalue weighted by Crippen LogP contribution is 2.72. The Bertz CT molecular complexity index is 1650. The molecule has 4 aliphatic carbocycles. The van der Waals surface area contributed by atoms with Gasteiger partial charge in [0.1, 0.15) is 12.8 Å². The zero-order chi connectivity index (χ0) is 31.9. The molecule has 0 spiro atoms. The van der Waals surface area contributed by atoms with Gasteiger partial charge < -0.3 is 25.4 Å². The number of fused-ring (bicyclic) bond motifs is 7. The van der Waals surface area contributed by atoms with Gasteiger partial charge in [-0.2, -0.15) is 0 Å². The number of carbonyl (C=O) groups excluding carboxylic acids is 1. The highest BCUT2D eigenvalue weighted by Gasteiger charge is 2.80. The Morgan fingerprint density at radius 1 is 1.11 bits per heavy atom. The number of halogens is 2.